The molecule has 1 aromatic rings. The van der Waals surface area contributed by atoms with Crippen molar-refractivity contribution in [1.82, 2.24) is 14.9 Å². The third kappa shape index (κ3) is 4.55. The van der Waals surface area contributed by atoms with Crippen LogP contribution in [0.25, 0.3) is 0 Å². The molecule has 1 aromatic carbocycles. The number of carbonyl (C=O) groups excluding carboxylic acids is 1. The molecule has 0 radical (unpaired) electrons. The van der Waals surface area contributed by atoms with Crippen LogP contribution in [-0.4, -0.2) is 44.8 Å². The summed E-state index contributed by atoms with van der Waals surface area (Å²) in [5, 5.41) is 6.19. The molecule has 0 atom stereocenters. The van der Waals surface area contributed by atoms with Crippen molar-refractivity contribution in [2.24, 2.45) is 5.92 Å². The van der Waals surface area contributed by atoms with Crippen LogP contribution in [0, 0.1) is 5.92 Å². The normalized spacial score (nSPS) is 16.3. The van der Waals surface area contributed by atoms with Gasteiger partial charge in [-0.3, -0.25) is 4.79 Å². The molecular weight excluding hydrogens is 326 g/mol. The van der Waals surface area contributed by atoms with E-state index in [-0.39, 0.29) is 11.8 Å². The summed E-state index contributed by atoms with van der Waals surface area (Å²) in [6.45, 7) is 6.75. The lowest BCUT2D eigenvalue weighted by molar-refractivity contribution is -0.125. The Morgan fingerprint density at radius 2 is 1.75 bits per heavy atom. The fourth-order valence-corrected chi connectivity index (χ4v) is 4.37. The van der Waals surface area contributed by atoms with Gasteiger partial charge in [-0.15, -0.1) is 0 Å². The SMILES string of the molecule is CCN(CC)S(=O)(=O)c1ccc(CNC(=O)C2CCNCC2)cc1. The Hall–Kier alpha value is -1.44. The van der Waals surface area contributed by atoms with Crippen molar-refractivity contribution in [3.05, 3.63) is 29.8 Å². The largest absolute Gasteiger partial charge is 0.352 e. The molecule has 1 saturated heterocycles. The molecule has 1 aliphatic heterocycles. The Kier molecular flexibility index (Phi) is 6.77. The highest BCUT2D eigenvalue weighted by atomic mass is 32.2. The van der Waals surface area contributed by atoms with Gasteiger partial charge in [0.15, 0.2) is 0 Å². The first-order chi connectivity index (χ1) is 11.5. The predicted molar refractivity (Wildman–Crippen MR) is 94.0 cm³/mol. The number of sulfonamides is 1. The highest BCUT2D eigenvalue weighted by Gasteiger charge is 2.22. The Morgan fingerprint density at radius 3 is 2.29 bits per heavy atom. The fourth-order valence-electron chi connectivity index (χ4n) is 2.91. The monoisotopic (exact) mass is 353 g/mol. The Bertz CT molecular complexity index is 634. The molecule has 0 unspecified atom stereocenters. The molecule has 1 fully saturated rings. The summed E-state index contributed by atoms with van der Waals surface area (Å²) in [5.41, 5.74) is 0.899. The maximum atomic E-state index is 12.4. The number of rotatable bonds is 7. The number of nitrogens with one attached hydrogen (secondary N) is 2. The molecular formula is C17H27N3O3S. The molecule has 24 heavy (non-hydrogen) atoms. The zero-order valence-corrected chi connectivity index (χ0v) is 15.2. The van der Waals surface area contributed by atoms with Crippen molar-refractivity contribution in [3.8, 4) is 0 Å². The number of benzene rings is 1. The maximum absolute atomic E-state index is 12.4. The van der Waals surface area contributed by atoms with Crippen LogP contribution in [-0.2, 0) is 21.4 Å². The zero-order chi connectivity index (χ0) is 17.6. The second-order valence-electron chi connectivity index (χ2n) is 5.98. The highest BCUT2D eigenvalue weighted by Crippen LogP contribution is 2.16. The summed E-state index contributed by atoms with van der Waals surface area (Å²) in [4.78, 5) is 12.4. The minimum atomic E-state index is -3.43. The van der Waals surface area contributed by atoms with Gasteiger partial charge < -0.3 is 10.6 Å². The number of amides is 1. The van der Waals surface area contributed by atoms with Gasteiger partial charge in [0.05, 0.1) is 4.90 Å². The predicted octanol–water partition coefficient (Wildman–Crippen LogP) is 1.33. The smallest absolute Gasteiger partial charge is 0.243 e. The van der Waals surface area contributed by atoms with E-state index < -0.39 is 10.0 Å². The molecule has 6 nitrogen and oxygen atoms in total. The lowest BCUT2D eigenvalue weighted by Gasteiger charge is -2.22. The molecule has 134 valence electrons. The topological polar surface area (TPSA) is 78.5 Å². The van der Waals surface area contributed by atoms with Crippen LogP contribution in [0.1, 0.15) is 32.3 Å². The molecule has 2 N–H and O–H groups in total. The van der Waals surface area contributed by atoms with Crippen molar-refractivity contribution >= 4 is 15.9 Å². The summed E-state index contributed by atoms with van der Waals surface area (Å²) < 4.78 is 26.3. The van der Waals surface area contributed by atoms with E-state index in [2.05, 4.69) is 10.6 Å². The summed E-state index contributed by atoms with van der Waals surface area (Å²) in [6, 6.07) is 6.75. The number of nitrogens with zero attached hydrogens (tertiary/aromatic N) is 1. The quantitative estimate of drug-likeness (QED) is 0.775. The van der Waals surface area contributed by atoms with E-state index in [1.165, 1.54) is 4.31 Å². The van der Waals surface area contributed by atoms with Gasteiger partial charge in [-0.05, 0) is 43.6 Å². The molecule has 7 heteroatoms. The molecule has 2 rings (SSSR count). The minimum absolute atomic E-state index is 0.0774. The van der Waals surface area contributed by atoms with E-state index in [1.54, 1.807) is 24.3 Å². The van der Waals surface area contributed by atoms with Gasteiger partial charge in [-0.25, -0.2) is 8.42 Å². The lowest BCUT2D eigenvalue weighted by Crippen LogP contribution is -2.37. The van der Waals surface area contributed by atoms with E-state index in [4.69, 9.17) is 0 Å². The molecule has 0 bridgehead atoms. The van der Waals surface area contributed by atoms with Crippen molar-refractivity contribution in [1.29, 1.82) is 0 Å². The van der Waals surface area contributed by atoms with E-state index in [1.807, 2.05) is 13.8 Å². The molecule has 0 aliphatic carbocycles. The third-order valence-corrected chi connectivity index (χ3v) is 6.51. The van der Waals surface area contributed by atoms with Gasteiger partial charge >= 0.3 is 0 Å². The number of piperidine rings is 1. The molecule has 0 spiro atoms. The van der Waals surface area contributed by atoms with Gasteiger partial charge in [0.1, 0.15) is 0 Å². The van der Waals surface area contributed by atoms with Crippen molar-refractivity contribution in [2.45, 2.75) is 38.1 Å². The minimum Gasteiger partial charge on any atom is -0.352 e. The molecule has 0 aromatic heterocycles. The average Bonchev–Trinajstić information content (AvgIpc) is 2.61. The van der Waals surface area contributed by atoms with E-state index in [9.17, 15) is 13.2 Å². The van der Waals surface area contributed by atoms with Gasteiger partial charge in [0.25, 0.3) is 0 Å². The van der Waals surface area contributed by atoms with Crippen LogP contribution >= 0.6 is 0 Å². The third-order valence-electron chi connectivity index (χ3n) is 4.44. The zero-order valence-electron chi connectivity index (χ0n) is 14.4. The molecule has 0 saturated carbocycles. The van der Waals surface area contributed by atoms with E-state index in [0.29, 0.717) is 24.5 Å². The van der Waals surface area contributed by atoms with Gasteiger partial charge in [0.2, 0.25) is 15.9 Å². The Morgan fingerprint density at radius 1 is 1.17 bits per heavy atom. The Labute approximate surface area is 144 Å². The van der Waals surface area contributed by atoms with Crippen LogP contribution in [0.2, 0.25) is 0 Å². The van der Waals surface area contributed by atoms with Gasteiger partial charge in [-0.1, -0.05) is 26.0 Å². The maximum Gasteiger partial charge on any atom is 0.243 e. The summed E-state index contributed by atoms with van der Waals surface area (Å²) >= 11 is 0. The Balaban J connectivity index is 1.95. The lowest BCUT2D eigenvalue weighted by atomic mass is 9.97. The average molecular weight is 353 g/mol. The first kappa shape index (κ1) is 18.9. The summed E-state index contributed by atoms with van der Waals surface area (Å²) in [5.74, 6) is 0.157. The van der Waals surface area contributed by atoms with Crippen molar-refractivity contribution in [2.75, 3.05) is 26.2 Å². The van der Waals surface area contributed by atoms with Gasteiger partial charge in [-0.2, -0.15) is 4.31 Å². The molecule has 1 aliphatic rings. The molecule has 1 amide bonds. The van der Waals surface area contributed by atoms with Crippen LogP contribution in [0.5, 0.6) is 0 Å². The second-order valence-corrected chi connectivity index (χ2v) is 7.91. The van der Waals surface area contributed by atoms with Crippen LogP contribution in [0.4, 0.5) is 0 Å². The van der Waals surface area contributed by atoms with Crippen LogP contribution in [0.15, 0.2) is 29.2 Å². The standard InChI is InChI=1S/C17H27N3O3S/c1-3-20(4-2)24(22,23)16-7-5-14(6-8-16)13-19-17(21)15-9-11-18-12-10-15/h5-8,15,18H,3-4,9-13H2,1-2H3,(H,19,21). The summed E-state index contributed by atoms with van der Waals surface area (Å²) in [6.07, 6.45) is 1.74. The highest BCUT2D eigenvalue weighted by molar-refractivity contribution is 7.89. The first-order valence-corrected chi connectivity index (χ1v) is 10.0. The number of hydrogen-bond acceptors (Lipinski definition) is 4. The number of hydrogen-bond donors (Lipinski definition) is 2. The first-order valence-electron chi connectivity index (χ1n) is 8.56. The van der Waals surface area contributed by atoms with E-state index in [0.717, 1.165) is 31.5 Å². The van der Waals surface area contributed by atoms with Crippen molar-refractivity contribution < 1.29 is 13.2 Å². The van der Waals surface area contributed by atoms with Gasteiger partial charge in [0, 0.05) is 25.6 Å². The number of carbonyl (C=O) groups is 1. The van der Waals surface area contributed by atoms with Crippen LogP contribution < -0.4 is 10.6 Å². The summed E-state index contributed by atoms with van der Waals surface area (Å²) in [7, 11) is -3.43. The van der Waals surface area contributed by atoms with Crippen molar-refractivity contribution in [3.63, 3.8) is 0 Å². The fraction of sp³-hybridized carbons (Fsp3) is 0.588. The second kappa shape index (κ2) is 8.60. The van der Waals surface area contributed by atoms with Crippen LogP contribution in [0.3, 0.4) is 0 Å². The van der Waals surface area contributed by atoms with E-state index >= 15 is 0 Å². The molecule has 1 heterocycles.